The second kappa shape index (κ2) is 4.27. The molecule has 108 valence electrons. The number of carboxylic acid groups (broad SMARTS) is 1. The molecule has 0 fully saturated rings. The molecule has 0 spiro atoms. The van der Waals surface area contributed by atoms with Crippen molar-refractivity contribution >= 4 is 26.8 Å². The number of halogens is 1. The summed E-state index contributed by atoms with van der Waals surface area (Å²) in [6, 6.07) is 2.07. The number of H-pyrrole nitrogens is 1. The monoisotopic (exact) mass is 300 g/mol. The smallest absolute Gasteiger partial charge is 0.338 e. The number of nitrogens with zero attached hydrogens (tertiary/aromatic N) is 1. The van der Waals surface area contributed by atoms with E-state index in [1.807, 2.05) is 0 Å². The number of fused-ring (bicyclic) bond motifs is 1. The van der Waals surface area contributed by atoms with Crippen LogP contribution < -0.4 is 0 Å². The number of carbonyl (C=O) groups is 1. The van der Waals surface area contributed by atoms with Crippen molar-refractivity contribution in [3.63, 3.8) is 0 Å². The van der Waals surface area contributed by atoms with Crippen LogP contribution in [0.25, 0.3) is 11.0 Å². The first-order valence-corrected chi connectivity index (χ1v) is 7.56. The van der Waals surface area contributed by atoms with Crippen LogP contribution in [-0.4, -0.2) is 35.7 Å². The molecule has 0 saturated heterocycles. The van der Waals surface area contributed by atoms with E-state index in [1.165, 1.54) is 13.8 Å². The molecule has 1 heterocycles. The summed E-state index contributed by atoms with van der Waals surface area (Å²) in [5.41, 5.74) is -0.0533. The van der Waals surface area contributed by atoms with Crippen molar-refractivity contribution < 1.29 is 22.7 Å². The van der Waals surface area contributed by atoms with Crippen LogP contribution in [0.3, 0.4) is 0 Å². The van der Waals surface area contributed by atoms with Gasteiger partial charge in [0.05, 0.1) is 16.6 Å². The van der Waals surface area contributed by atoms with Crippen molar-refractivity contribution in [2.24, 2.45) is 0 Å². The van der Waals surface area contributed by atoms with Crippen molar-refractivity contribution in [1.29, 1.82) is 0 Å². The van der Waals surface area contributed by atoms with Crippen LogP contribution >= 0.6 is 0 Å². The zero-order chi connectivity index (χ0) is 15.3. The lowest BCUT2D eigenvalue weighted by atomic mass is 10.2. The number of hydrogen-bond donors (Lipinski definition) is 2. The highest BCUT2D eigenvalue weighted by molar-refractivity contribution is 7.91. The Balaban J connectivity index is 2.69. The second-order valence-electron chi connectivity index (χ2n) is 5.02. The average molecular weight is 300 g/mol. The average Bonchev–Trinajstić information content (AvgIpc) is 2.69. The van der Waals surface area contributed by atoms with E-state index in [-0.39, 0.29) is 16.9 Å². The number of imidazole rings is 1. The van der Waals surface area contributed by atoms with Gasteiger partial charge in [-0.1, -0.05) is 0 Å². The number of rotatable bonds is 3. The molecular formula is C12H13FN2O4S. The number of nitrogens with one attached hydrogen (secondary N) is 1. The number of aromatic carboxylic acids is 1. The van der Waals surface area contributed by atoms with Gasteiger partial charge in [0.25, 0.3) is 0 Å². The maximum absolute atomic E-state index is 13.6. The molecule has 1 aromatic carbocycles. The van der Waals surface area contributed by atoms with Crippen LogP contribution in [-0.2, 0) is 14.6 Å². The van der Waals surface area contributed by atoms with E-state index in [4.69, 9.17) is 5.11 Å². The lowest BCUT2D eigenvalue weighted by Crippen LogP contribution is -2.29. The first-order valence-electron chi connectivity index (χ1n) is 5.66. The molecule has 1 aromatic heterocycles. The summed E-state index contributed by atoms with van der Waals surface area (Å²) in [5, 5.41) is 8.85. The van der Waals surface area contributed by atoms with Crippen LogP contribution in [0.15, 0.2) is 12.1 Å². The molecule has 0 aliphatic carbocycles. The summed E-state index contributed by atoms with van der Waals surface area (Å²) in [6.07, 6.45) is 1.07. The summed E-state index contributed by atoms with van der Waals surface area (Å²) < 4.78 is 35.8. The third kappa shape index (κ3) is 2.15. The highest BCUT2D eigenvalue weighted by Gasteiger charge is 2.35. The minimum absolute atomic E-state index is 0.136. The molecule has 0 atom stereocenters. The molecule has 0 amide bonds. The fourth-order valence-electron chi connectivity index (χ4n) is 1.66. The van der Waals surface area contributed by atoms with Crippen LogP contribution in [0.2, 0.25) is 0 Å². The molecule has 6 nitrogen and oxygen atoms in total. The Hall–Kier alpha value is -1.96. The van der Waals surface area contributed by atoms with E-state index < -0.39 is 31.9 Å². The lowest BCUT2D eigenvalue weighted by Gasteiger charge is -2.19. The SMILES string of the molecule is CC(C)(c1nc2cc(C(=O)O)c(F)cc2[nH]1)S(C)(=O)=O. The van der Waals surface area contributed by atoms with Gasteiger partial charge >= 0.3 is 5.97 Å². The molecule has 0 aliphatic rings. The standard InChI is InChI=1S/C12H13FN2O4S/c1-12(2,20(3,18)19)11-14-8-4-6(10(16)17)7(13)5-9(8)15-11/h4-5H,1-3H3,(H,14,15)(H,16,17). The molecule has 2 aromatic rings. The van der Waals surface area contributed by atoms with E-state index in [1.54, 1.807) is 0 Å². The third-order valence-corrected chi connectivity index (χ3v) is 5.35. The van der Waals surface area contributed by atoms with E-state index >= 15 is 0 Å². The van der Waals surface area contributed by atoms with Crippen molar-refractivity contribution in [2.75, 3.05) is 6.26 Å². The van der Waals surface area contributed by atoms with Gasteiger partial charge in [0.2, 0.25) is 0 Å². The maximum Gasteiger partial charge on any atom is 0.338 e. The van der Waals surface area contributed by atoms with Gasteiger partial charge in [0.15, 0.2) is 9.84 Å². The molecule has 0 bridgehead atoms. The maximum atomic E-state index is 13.6. The number of benzene rings is 1. The zero-order valence-electron chi connectivity index (χ0n) is 11.1. The lowest BCUT2D eigenvalue weighted by molar-refractivity contribution is 0.0692. The summed E-state index contributed by atoms with van der Waals surface area (Å²) in [6.45, 7) is 2.93. The molecule has 0 radical (unpaired) electrons. The van der Waals surface area contributed by atoms with E-state index in [0.29, 0.717) is 0 Å². The number of sulfone groups is 1. The second-order valence-corrected chi connectivity index (χ2v) is 7.59. The third-order valence-electron chi connectivity index (χ3n) is 3.30. The van der Waals surface area contributed by atoms with Crippen molar-refractivity contribution in [3.8, 4) is 0 Å². The minimum Gasteiger partial charge on any atom is -0.478 e. The van der Waals surface area contributed by atoms with Crippen LogP contribution in [0.5, 0.6) is 0 Å². The first-order chi connectivity index (χ1) is 9.04. The first kappa shape index (κ1) is 14.4. The van der Waals surface area contributed by atoms with Crippen LogP contribution in [0, 0.1) is 5.82 Å². The molecule has 0 unspecified atom stereocenters. The molecular weight excluding hydrogens is 287 g/mol. The number of aromatic nitrogens is 2. The Morgan fingerprint density at radius 2 is 2.00 bits per heavy atom. The summed E-state index contributed by atoms with van der Waals surface area (Å²) in [4.78, 5) is 17.7. The topological polar surface area (TPSA) is 100 Å². The van der Waals surface area contributed by atoms with Gasteiger partial charge in [-0.2, -0.15) is 0 Å². The van der Waals surface area contributed by atoms with Gasteiger partial charge in [0.1, 0.15) is 16.4 Å². The predicted molar refractivity (Wildman–Crippen MR) is 70.9 cm³/mol. The Labute approximate surface area is 114 Å². The zero-order valence-corrected chi connectivity index (χ0v) is 11.9. The van der Waals surface area contributed by atoms with Gasteiger partial charge in [-0.15, -0.1) is 0 Å². The van der Waals surface area contributed by atoms with Gasteiger partial charge in [0, 0.05) is 12.3 Å². The Bertz CT molecular complexity index is 808. The van der Waals surface area contributed by atoms with Crippen molar-refractivity contribution in [2.45, 2.75) is 18.6 Å². The highest BCUT2D eigenvalue weighted by Crippen LogP contribution is 2.29. The molecule has 2 rings (SSSR count). The normalized spacial score (nSPS) is 12.8. The predicted octanol–water partition coefficient (Wildman–Crippen LogP) is 1.68. The molecule has 20 heavy (non-hydrogen) atoms. The number of aromatic amines is 1. The van der Waals surface area contributed by atoms with Crippen molar-refractivity contribution in [3.05, 3.63) is 29.3 Å². The summed E-state index contributed by atoms with van der Waals surface area (Å²) in [5.74, 6) is -2.18. The molecule has 0 saturated carbocycles. The quantitative estimate of drug-likeness (QED) is 0.898. The Morgan fingerprint density at radius 1 is 1.40 bits per heavy atom. The molecule has 0 aliphatic heterocycles. The van der Waals surface area contributed by atoms with Gasteiger partial charge in [-0.3, -0.25) is 0 Å². The van der Waals surface area contributed by atoms with Gasteiger partial charge in [-0.05, 0) is 19.9 Å². The van der Waals surface area contributed by atoms with Crippen LogP contribution in [0.1, 0.15) is 30.0 Å². The molecule has 2 N–H and O–H groups in total. The number of hydrogen-bond acceptors (Lipinski definition) is 4. The van der Waals surface area contributed by atoms with Gasteiger partial charge < -0.3 is 10.1 Å². The van der Waals surface area contributed by atoms with E-state index in [9.17, 15) is 17.6 Å². The summed E-state index contributed by atoms with van der Waals surface area (Å²) >= 11 is 0. The van der Waals surface area contributed by atoms with Gasteiger partial charge in [-0.25, -0.2) is 22.6 Å². The number of carboxylic acids is 1. The summed E-state index contributed by atoms with van der Waals surface area (Å²) in [7, 11) is -3.44. The fourth-order valence-corrected chi connectivity index (χ4v) is 2.10. The Kier molecular flexibility index (Phi) is 3.09. The minimum atomic E-state index is -3.44. The van der Waals surface area contributed by atoms with E-state index in [0.717, 1.165) is 18.4 Å². The molecule has 8 heteroatoms. The largest absolute Gasteiger partial charge is 0.478 e. The van der Waals surface area contributed by atoms with Crippen LogP contribution in [0.4, 0.5) is 4.39 Å². The Morgan fingerprint density at radius 3 is 2.50 bits per heavy atom. The highest BCUT2D eigenvalue weighted by atomic mass is 32.2. The van der Waals surface area contributed by atoms with E-state index in [2.05, 4.69) is 9.97 Å². The van der Waals surface area contributed by atoms with Crippen molar-refractivity contribution in [1.82, 2.24) is 9.97 Å². The fraction of sp³-hybridized carbons (Fsp3) is 0.333.